The number of amides is 1. The SMILES string of the molecule is CCOC(=O)c1cn(NC(C)=O)c2c(F)c(F)c(F)cc2c1=O. The number of carbonyl (C=O) groups excluding carboxylic acids is 2. The number of esters is 1. The van der Waals surface area contributed by atoms with Crippen molar-refractivity contribution in [3.63, 3.8) is 0 Å². The number of pyridine rings is 1. The zero-order valence-corrected chi connectivity index (χ0v) is 12.1. The van der Waals surface area contributed by atoms with Crippen molar-refractivity contribution in [1.82, 2.24) is 4.68 Å². The van der Waals surface area contributed by atoms with Crippen LogP contribution in [0, 0.1) is 17.5 Å². The smallest absolute Gasteiger partial charge is 0.343 e. The van der Waals surface area contributed by atoms with Crippen molar-refractivity contribution >= 4 is 22.8 Å². The minimum atomic E-state index is -1.81. The molecule has 0 aliphatic carbocycles. The Morgan fingerprint density at radius 2 is 1.91 bits per heavy atom. The quantitative estimate of drug-likeness (QED) is 0.687. The van der Waals surface area contributed by atoms with Gasteiger partial charge in [0, 0.05) is 13.1 Å². The van der Waals surface area contributed by atoms with Crippen LogP contribution in [0.4, 0.5) is 13.2 Å². The van der Waals surface area contributed by atoms with Crippen LogP contribution in [-0.4, -0.2) is 23.2 Å². The molecule has 1 heterocycles. The first-order valence-corrected chi connectivity index (χ1v) is 6.45. The van der Waals surface area contributed by atoms with E-state index in [4.69, 9.17) is 0 Å². The second-order valence-electron chi connectivity index (χ2n) is 4.51. The van der Waals surface area contributed by atoms with Crippen LogP contribution < -0.4 is 10.9 Å². The third-order valence-corrected chi connectivity index (χ3v) is 2.90. The monoisotopic (exact) mass is 328 g/mol. The van der Waals surface area contributed by atoms with E-state index in [1.807, 2.05) is 0 Å². The first-order chi connectivity index (χ1) is 10.8. The van der Waals surface area contributed by atoms with Crippen LogP contribution >= 0.6 is 0 Å². The van der Waals surface area contributed by atoms with Gasteiger partial charge in [-0.2, -0.15) is 0 Å². The molecule has 122 valence electrons. The Labute approximate surface area is 127 Å². The van der Waals surface area contributed by atoms with E-state index in [0.29, 0.717) is 10.7 Å². The highest BCUT2D eigenvalue weighted by molar-refractivity contribution is 5.95. The molecule has 1 aromatic heterocycles. The number of rotatable bonds is 3. The van der Waals surface area contributed by atoms with Gasteiger partial charge in [0.2, 0.25) is 11.3 Å². The maximum atomic E-state index is 14.0. The molecule has 0 atom stereocenters. The molecule has 2 rings (SSSR count). The van der Waals surface area contributed by atoms with E-state index < -0.39 is 51.2 Å². The highest BCUT2D eigenvalue weighted by Crippen LogP contribution is 2.21. The van der Waals surface area contributed by atoms with Crippen molar-refractivity contribution in [2.45, 2.75) is 13.8 Å². The number of hydrogen-bond acceptors (Lipinski definition) is 4. The van der Waals surface area contributed by atoms with Crippen LogP contribution in [0.15, 0.2) is 17.1 Å². The van der Waals surface area contributed by atoms with Crippen LogP contribution in [0.3, 0.4) is 0 Å². The zero-order valence-electron chi connectivity index (χ0n) is 12.1. The topological polar surface area (TPSA) is 77.4 Å². The molecule has 1 amide bonds. The fourth-order valence-electron chi connectivity index (χ4n) is 2.00. The summed E-state index contributed by atoms with van der Waals surface area (Å²) in [6.07, 6.45) is 0.796. The van der Waals surface area contributed by atoms with E-state index in [1.54, 1.807) is 0 Å². The fraction of sp³-hybridized carbons (Fsp3) is 0.214. The lowest BCUT2D eigenvalue weighted by Crippen LogP contribution is -2.28. The highest BCUT2D eigenvalue weighted by atomic mass is 19.2. The summed E-state index contributed by atoms with van der Waals surface area (Å²) in [4.78, 5) is 35.2. The standard InChI is InChI=1S/C14H11F3N2O4/c1-3-23-14(22)8-5-19(18-6(2)20)12-7(13(8)21)4-9(15)10(16)11(12)17/h4-5H,3H2,1-2H3,(H,18,20). The number of fused-ring (bicyclic) bond motifs is 1. The first kappa shape index (κ1) is 16.5. The molecule has 0 aliphatic rings. The maximum absolute atomic E-state index is 14.0. The summed E-state index contributed by atoms with van der Waals surface area (Å²) in [5.41, 5.74) is -0.196. The van der Waals surface area contributed by atoms with Gasteiger partial charge in [-0.25, -0.2) is 18.0 Å². The van der Waals surface area contributed by atoms with E-state index in [2.05, 4.69) is 10.2 Å². The Kier molecular flexibility index (Phi) is 4.39. The van der Waals surface area contributed by atoms with Crippen LogP contribution in [-0.2, 0) is 9.53 Å². The van der Waals surface area contributed by atoms with Gasteiger partial charge in [0.25, 0.3) is 0 Å². The Morgan fingerprint density at radius 3 is 2.48 bits per heavy atom. The van der Waals surface area contributed by atoms with E-state index >= 15 is 0 Å². The average molecular weight is 328 g/mol. The summed E-state index contributed by atoms with van der Waals surface area (Å²) in [7, 11) is 0. The van der Waals surface area contributed by atoms with Gasteiger partial charge < -0.3 is 4.74 Å². The summed E-state index contributed by atoms with van der Waals surface area (Å²) in [5, 5.41) is -0.610. The van der Waals surface area contributed by atoms with E-state index in [0.717, 1.165) is 13.1 Å². The molecule has 0 unspecified atom stereocenters. The second kappa shape index (κ2) is 6.11. The second-order valence-corrected chi connectivity index (χ2v) is 4.51. The normalized spacial score (nSPS) is 10.7. The number of nitrogens with one attached hydrogen (secondary N) is 1. The molecule has 1 N–H and O–H groups in total. The number of benzene rings is 1. The number of ether oxygens (including phenoxy) is 1. The van der Waals surface area contributed by atoms with Crippen molar-refractivity contribution in [2.24, 2.45) is 0 Å². The molecule has 0 bridgehead atoms. The van der Waals surface area contributed by atoms with Crippen molar-refractivity contribution in [1.29, 1.82) is 0 Å². The lowest BCUT2D eigenvalue weighted by Gasteiger charge is -2.14. The molecule has 0 radical (unpaired) electrons. The van der Waals surface area contributed by atoms with Crippen molar-refractivity contribution in [3.8, 4) is 0 Å². The molecule has 23 heavy (non-hydrogen) atoms. The van der Waals surface area contributed by atoms with Crippen LogP contribution in [0.2, 0.25) is 0 Å². The van der Waals surface area contributed by atoms with Gasteiger partial charge in [-0.3, -0.25) is 19.7 Å². The Bertz CT molecular complexity index is 877. The third-order valence-electron chi connectivity index (χ3n) is 2.90. The zero-order chi connectivity index (χ0) is 17.3. The summed E-state index contributed by atoms with van der Waals surface area (Å²) in [6.45, 7) is 2.54. The molecule has 0 saturated heterocycles. The lowest BCUT2D eigenvalue weighted by molar-refractivity contribution is -0.115. The molecule has 0 fully saturated rings. The molecular weight excluding hydrogens is 317 g/mol. The summed E-state index contributed by atoms with van der Waals surface area (Å²) < 4.78 is 46.1. The largest absolute Gasteiger partial charge is 0.462 e. The van der Waals surface area contributed by atoms with Gasteiger partial charge in [-0.15, -0.1) is 0 Å². The Balaban J connectivity index is 2.91. The first-order valence-electron chi connectivity index (χ1n) is 6.45. The van der Waals surface area contributed by atoms with Gasteiger partial charge in [-0.1, -0.05) is 0 Å². The van der Waals surface area contributed by atoms with Crippen molar-refractivity contribution < 1.29 is 27.5 Å². The molecular formula is C14H11F3N2O4. The number of halogens is 3. The minimum absolute atomic E-state index is 0.0391. The van der Waals surface area contributed by atoms with E-state index in [-0.39, 0.29) is 6.61 Å². The molecule has 0 spiro atoms. The minimum Gasteiger partial charge on any atom is -0.462 e. The third kappa shape index (κ3) is 2.89. The predicted octanol–water partition coefficient (Wildman–Crippen LogP) is 1.69. The molecule has 9 heteroatoms. The van der Waals surface area contributed by atoms with Crippen LogP contribution in [0.1, 0.15) is 24.2 Å². The predicted molar refractivity (Wildman–Crippen MR) is 74.1 cm³/mol. The molecule has 6 nitrogen and oxygen atoms in total. The lowest BCUT2D eigenvalue weighted by atomic mass is 10.1. The van der Waals surface area contributed by atoms with Gasteiger partial charge in [0.05, 0.1) is 12.0 Å². The van der Waals surface area contributed by atoms with Gasteiger partial charge >= 0.3 is 5.97 Å². The van der Waals surface area contributed by atoms with E-state index in [1.165, 1.54) is 6.92 Å². The van der Waals surface area contributed by atoms with Gasteiger partial charge in [0.15, 0.2) is 17.5 Å². The van der Waals surface area contributed by atoms with E-state index in [9.17, 15) is 27.6 Å². The molecule has 2 aromatic rings. The molecule has 1 aromatic carbocycles. The molecule has 0 saturated carbocycles. The van der Waals surface area contributed by atoms with Crippen LogP contribution in [0.5, 0.6) is 0 Å². The number of carbonyl (C=O) groups is 2. The number of nitrogens with zero attached hydrogens (tertiary/aromatic N) is 1. The summed E-state index contributed by atoms with van der Waals surface area (Å²) in [5.74, 6) is -6.79. The molecule has 0 aliphatic heterocycles. The highest BCUT2D eigenvalue weighted by Gasteiger charge is 2.23. The fourth-order valence-corrected chi connectivity index (χ4v) is 2.00. The van der Waals surface area contributed by atoms with Crippen LogP contribution in [0.25, 0.3) is 10.9 Å². The van der Waals surface area contributed by atoms with Crippen molar-refractivity contribution in [3.05, 3.63) is 45.5 Å². The van der Waals surface area contributed by atoms with Gasteiger partial charge in [-0.05, 0) is 13.0 Å². The summed E-state index contributed by atoms with van der Waals surface area (Å²) >= 11 is 0. The Hall–Kier alpha value is -2.84. The number of aromatic nitrogens is 1. The van der Waals surface area contributed by atoms with Gasteiger partial charge in [0.1, 0.15) is 11.1 Å². The average Bonchev–Trinajstić information content (AvgIpc) is 2.47. The number of hydrogen-bond donors (Lipinski definition) is 1. The summed E-state index contributed by atoms with van der Waals surface area (Å²) in [6, 6.07) is 0.455. The maximum Gasteiger partial charge on any atom is 0.343 e. The Morgan fingerprint density at radius 1 is 1.26 bits per heavy atom. The van der Waals surface area contributed by atoms with Crippen molar-refractivity contribution in [2.75, 3.05) is 12.0 Å².